The SMILES string of the molecule is NS(=O)(=O)c1cccc(NS(=O)(=O)c2ccc(F)c([N+](=O)[O-])c2)c1. The van der Waals surface area contributed by atoms with Crippen LogP contribution < -0.4 is 9.86 Å². The van der Waals surface area contributed by atoms with E-state index >= 15 is 0 Å². The van der Waals surface area contributed by atoms with E-state index in [2.05, 4.69) is 0 Å². The molecular formula is C12H10FN3O6S2. The summed E-state index contributed by atoms with van der Waals surface area (Å²) >= 11 is 0. The highest BCUT2D eigenvalue weighted by molar-refractivity contribution is 7.92. The molecule has 2 rings (SSSR count). The smallest absolute Gasteiger partial charge is 0.280 e. The van der Waals surface area contributed by atoms with Gasteiger partial charge in [-0.25, -0.2) is 22.0 Å². The Kier molecular flexibility index (Phi) is 4.55. The number of nitrogens with two attached hydrogens (primary N) is 1. The van der Waals surface area contributed by atoms with Gasteiger partial charge in [0.05, 0.1) is 20.4 Å². The molecule has 0 aliphatic heterocycles. The number of benzene rings is 2. The van der Waals surface area contributed by atoms with Gasteiger partial charge in [-0.2, -0.15) is 4.39 Å². The number of hydrogen-bond acceptors (Lipinski definition) is 6. The van der Waals surface area contributed by atoms with Crippen LogP contribution in [0.3, 0.4) is 0 Å². The van der Waals surface area contributed by atoms with Crippen LogP contribution in [0.2, 0.25) is 0 Å². The highest BCUT2D eigenvalue weighted by atomic mass is 32.2. The van der Waals surface area contributed by atoms with Crippen LogP contribution in [0.15, 0.2) is 52.3 Å². The molecule has 3 N–H and O–H groups in total. The van der Waals surface area contributed by atoms with Crippen molar-refractivity contribution in [2.45, 2.75) is 9.79 Å². The molecule has 0 heterocycles. The zero-order chi connectivity index (χ0) is 18.1. The summed E-state index contributed by atoms with van der Waals surface area (Å²) in [5.41, 5.74) is -1.13. The van der Waals surface area contributed by atoms with Crippen LogP contribution in [0, 0.1) is 15.9 Å². The van der Waals surface area contributed by atoms with E-state index in [1.54, 1.807) is 0 Å². The second-order valence-corrected chi connectivity index (χ2v) is 7.79. The van der Waals surface area contributed by atoms with Crippen LogP contribution in [0.25, 0.3) is 0 Å². The minimum Gasteiger partial charge on any atom is -0.280 e. The van der Waals surface area contributed by atoms with Crippen LogP contribution in [0.1, 0.15) is 0 Å². The van der Waals surface area contributed by atoms with Gasteiger partial charge in [0.2, 0.25) is 15.8 Å². The third-order valence-electron chi connectivity index (χ3n) is 2.84. The van der Waals surface area contributed by atoms with Gasteiger partial charge >= 0.3 is 5.69 Å². The Morgan fingerprint density at radius 1 is 1.04 bits per heavy atom. The Bertz CT molecular complexity index is 1020. The van der Waals surface area contributed by atoms with Crippen LogP contribution in [0.4, 0.5) is 15.8 Å². The van der Waals surface area contributed by atoms with Gasteiger partial charge in [-0.3, -0.25) is 14.8 Å². The summed E-state index contributed by atoms with van der Waals surface area (Å²) in [7, 11) is -8.35. The molecule has 0 amide bonds. The van der Waals surface area contributed by atoms with E-state index < -0.39 is 41.4 Å². The van der Waals surface area contributed by atoms with Crippen LogP contribution >= 0.6 is 0 Å². The first-order valence-electron chi connectivity index (χ1n) is 6.10. The zero-order valence-electron chi connectivity index (χ0n) is 11.7. The predicted octanol–water partition coefficient (Wildman–Crippen LogP) is 1.18. The molecular weight excluding hydrogens is 365 g/mol. The maximum Gasteiger partial charge on any atom is 0.306 e. The summed E-state index contributed by atoms with van der Waals surface area (Å²) < 4.78 is 62.3. The maximum atomic E-state index is 13.3. The summed E-state index contributed by atoms with van der Waals surface area (Å²) in [5.74, 6) is -1.19. The van der Waals surface area contributed by atoms with E-state index in [9.17, 15) is 31.3 Å². The van der Waals surface area contributed by atoms with Gasteiger partial charge in [-0.15, -0.1) is 0 Å². The molecule has 128 valence electrons. The lowest BCUT2D eigenvalue weighted by molar-refractivity contribution is -0.387. The molecule has 12 heteroatoms. The molecule has 2 aromatic carbocycles. The number of nitrogens with zero attached hydrogens (tertiary/aromatic N) is 1. The number of anilines is 1. The predicted molar refractivity (Wildman–Crippen MR) is 81.7 cm³/mol. The van der Waals surface area contributed by atoms with Crippen molar-refractivity contribution in [1.82, 2.24) is 0 Å². The molecule has 0 aliphatic carbocycles. The molecule has 0 aromatic heterocycles. The first kappa shape index (κ1) is 17.8. The van der Waals surface area contributed by atoms with Gasteiger partial charge in [0.15, 0.2) is 0 Å². The summed E-state index contributed by atoms with van der Waals surface area (Å²) in [5, 5.41) is 15.6. The van der Waals surface area contributed by atoms with E-state index in [4.69, 9.17) is 5.14 Å². The van der Waals surface area contributed by atoms with E-state index in [1.807, 2.05) is 4.72 Å². The number of nitro groups is 1. The Morgan fingerprint density at radius 2 is 1.71 bits per heavy atom. The summed E-state index contributed by atoms with van der Waals surface area (Å²) in [6, 6.07) is 6.69. The molecule has 24 heavy (non-hydrogen) atoms. The van der Waals surface area contributed by atoms with E-state index in [-0.39, 0.29) is 10.6 Å². The van der Waals surface area contributed by atoms with Gasteiger partial charge in [0.1, 0.15) is 0 Å². The van der Waals surface area contributed by atoms with Crippen molar-refractivity contribution in [3.8, 4) is 0 Å². The lowest BCUT2D eigenvalue weighted by atomic mass is 10.3. The minimum atomic E-state index is -4.31. The Balaban J connectivity index is 2.43. The van der Waals surface area contributed by atoms with Gasteiger partial charge in [-0.05, 0) is 30.3 Å². The Hall–Kier alpha value is -2.57. The highest BCUT2D eigenvalue weighted by Gasteiger charge is 2.22. The molecule has 0 saturated heterocycles. The first-order chi connectivity index (χ1) is 11.0. The molecule has 0 saturated carbocycles. The normalized spacial score (nSPS) is 11.9. The molecule has 9 nitrogen and oxygen atoms in total. The van der Waals surface area contributed by atoms with E-state index in [0.717, 1.165) is 18.2 Å². The number of nitrogens with one attached hydrogen (secondary N) is 1. The molecule has 2 aromatic rings. The summed E-state index contributed by atoms with van der Waals surface area (Å²) in [6.07, 6.45) is 0. The minimum absolute atomic E-state index is 0.131. The molecule has 0 radical (unpaired) electrons. The zero-order valence-corrected chi connectivity index (χ0v) is 13.3. The maximum absolute atomic E-state index is 13.3. The van der Waals surface area contributed by atoms with Gasteiger partial charge in [0, 0.05) is 6.07 Å². The first-order valence-corrected chi connectivity index (χ1v) is 9.13. The van der Waals surface area contributed by atoms with E-state index in [0.29, 0.717) is 12.1 Å². The molecule has 0 fully saturated rings. The molecule has 0 spiro atoms. The monoisotopic (exact) mass is 375 g/mol. The molecule has 0 bridgehead atoms. The van der Waals surface area contributed by atoms with Gasteiger partial charge < -0.3 is 0 Å². The fourth-order valence-electron chi connectivity index (χ4n) is 1.75. The number of sulfonamides is 2. The highest BCUT2D eigenvalue weighted by Crippen LogP contribution is 2.24. The third-order valence-corrected chi connectivity index (χ3v) is 5.13. The number of rotatable bonds is 5. The van der Waals surface area contributed by atoms with Crippen molar-refractivity contribution < 1.29 is 26.1 Å². The average molecular weight is 375 g/mol. The molecule has 0 aliphatic rings. The standard InChI is InChI=1S/C12H10FN3O6S2/c13-11-5-4-10(7-12(11)16(17)18)24(21,22)15-8-2-1-3-9(6-8)23(14,19)20/h1-7,15H,(H2,14,19,20). The Labute approximate surface area is 136 Å². The summed E-state index contributed by atoms with van der Waals surface area (Å²) in [4.78, 5) is 8.74. The van der Waals surface area contributed by atoms with Crippen LogP contribution in [-0.2, 0) is 20.0 Å². The second-order valence-electron chi connectivity index (χ2n) is 4.55. The fourth-order valence-corrected chi connectivity index (χ4v) is 3.38. The topological polar surface area (TPSA) is 149 Å². The van der Waals surface area contributed by atoms with Crippen molar-refractivity contribution in [2.24, 2.45) is 5.14 Å². The van der Waals surface area contributed by atoms with Crippen molar-refractivity contribution in [3.63, 3.8) is 0 Å². The van der Waals surface area contributed by atoms with Gasteiger partial charge in [-0.1, -0.05) is 6.07 Å². The van der Waals surface area contributed by atoms with Crippen LogP contribution in [0.5, 0.6) is 0 Å². The lowest BCUT2D eigenvalue weighted by Crippen LogP contribution is -2.15. The fraction of sp³-hybridized carbons (Fsp3) is 0. The number of hydrogen-bond donors (Lipinski definition) is 2. The largest absolute Gasteiger partial charge is 0.306 e. The summed E-state index contributed by atoms with van der Waals surface area (Å²) in [6.45, 7) is 0. The number of halogens is 1. The Morgan fingerprint density at radius 3 is 2.29 bits per heavy atom. The quantitative estimate of drug-likeness (QED) is 0.592. The van der Waals surface area contributed by atoms with Crippen molar-refractivity contribution >= 4 is 31.4 Å². The van der Waals surface area contributed by atoms with E-state index in [1.165, 1.54) is 12.1 Å². The number of primary sulfonamides is 1. The molecule has 0 atom stereocenters. The van der Waals surface area contributed by atoms with Crippen molar-refractivity contribution in [3.05, 3.63) is 58.4 Å². The molecule has 0 unspecified atom stereocenters. The lowest BCUT2D eigenvalue weighted by Gasteiger charge is -2.09. The van der Waals surface area contributed by atoms with Crippen molar-refractivity contribution in [1.29, 1.82) is 0 Å². The average Bonchev–Trinajstić information content (AvgIpc) is 2.46. The third kappa shape index (κ3) is 3.84. The van der Waals surface area contributed by atoms with Gasteiger partial charge in [0.25, 0.3) is 10.0 Å². The van der Waals surface area contributed by atoms with Crippen molar-refractivity contribution in [2.75, 3.05) is 4.72 Å². The number of nitro benzene ring substituents is 1. The second kappa shape index (κ2) is 6.14. The van der Waals surface area contributed by atoms with Crippen LogP contribution in [-0.4, -0.2) is 21.8 Å².